The van der Waals surface area contributed by atoms with E-state index in [0.29, 0.717) is 23.3 Å². The summed E-state index contributed by atoms with van der Waals surface area (Å²) >= 11 is 1.59. The Kier molecular flexibility index (Phi) is 5.27. The minimum absolute atomic E-state index is 0.133. The molecule has 6 heteroatoms. The van der Waals surface area contributed by atoms with Crippen LogP contribution in [0.1, 0.15) is 46.9 Å². The number of unbranched alkanes of at least 4 members (excludes halogenated alkanes) is 1. The lowest BCUT2D eigenvalue weighted by Gasteiger charge is -2.11. The highest BCUT2D eigenvalue weighted by Gasteiger charge is 2.13. The second-order valence-corrected chi connectivity index (χ2v) is 7.81. The summed E-state index contributed by atoms with van der Waals surface area (Å²) in [7, 11) is 0. The van der Waals surface area contributed by atoms with Crippen molar-refractivity contribution in [3.8, 4) is 0 Å². The van der Waals surface area contributed by atoms with Crippen LogP contribution in [0, 0.1) is 0 Å². The summed E-state index contributed by atoms with van der Waals surface area (Å²) in [5.74, 6) is -0.198. The highest BCUT2D eigenvalue weighted by molar-refractivity contribution is 7.18. The van der Waals surface area contributed by atoms with Crippen LogP contribution in [0.5, 0.6) is 0 Å². The van der Waals surface area contributed by atoms with Gasteiger partial charge in [-0.05, 0) is 42.1 Å². The van der Waals surface area contributed by atoms with Gasteiger partial charge in [-0.3, -0.25) is 4.79 Å². The normalized spacial score (nSPS) is 11.1. The maximum atomic E-state index is 12.4. The molecule has 2 aromatic heterocycles. The molecule has 0 aliphatic rings. The molecule has 0 aliphatic carbocycles. The molecule has 0 spiro atoms. The highest BCUT2D eigenvalue weighted by atomic mass is 32.1. The van der Waals surface area contributed by atoms with E-state index in [4.69, 9.17) is 0 Å². The minimum atomic E-state index is -0.979. The van der Waals surface area contributed by atoms with E-state index >= 15 is 0 Å². The van der Waals surface area contributed by atoms with E-state index in [1.165, 1.54) is 0 Å². The van der Waals surface area contributed by atoms with Gasteiger partial charge in [0.2, 0.25) is 0 Å². The van der Waals surface area contributed by atoms with Crippen molar-refractivity contribution in [3.63, 3.8) is 0 Å². The molecule has 2 heterocycles. The van der Waals surface area contributed by atoms with Gasteiger partial charge < -0.3 is 10.4 Å². The Labute approximate surface area is 172 Å². The van der Waals surface area contributed by atoms with E-state index < -0.39 is 5.97 Å². The number of thiophene rings is 1. The van der Waals surface area contributed by atoms with Crippen LogP contribution in [0.4, 0.5) is 11.5 Å². The van der Waals surface area contributed by atoms with Gasteiger partial charge in [-0.15, -0.1) is 11.3 Å². The van der Waals surface area contributed by atoms with Gasteiger partial charge >= 0.3 is 5.97 Å². The lowest BCUT2D eigenvalue weighted by atomic mass is 10.1. The Hall–Kier alpha value is -3.25. The number of hydrogen-bond acceptors (Lipinski definition) is 5. The van der Waals surface area contributed by atoms with Crippen molar-refractivity contribution < 1.29 is 14.7 Å². The molecule has 0 aliphatic heterocycles. The lowest BCUT2D eigenvalue weighted by Crippen LogP contribution is -2.01. The molecule has 2 N–H and O–H groups in total. The zero-order valence-electron chi connectivity index (χ0n) is 15.9. The molecule has 0 saturated heterocycles. The van der Waals surface area contributed by atoms with Crippen LogP contribution < -0.4 is 5.32 Å². The number of fused-ring (bicyclic) bond motifs is 3. The monoisotopic (exact) mass is 404 g/mol. The SMILES string of the molecule is CCCCC(=O)c1cccc(Nc2nc3cc(C(=O)O)ccc3c3sccc23)c1. The Morgan fingerprint density at radius 2 is 1.93 bits per heavy atom. The van der Waals surface area contributed by atoms with Gasteiger partial charge in [0, 0.05) is 33.1 Å². The third-order valence-electron chi connectivity index (χ3n) is 4.85. The number of nitrogens with zero attached hydrogens (tertiary/aromatic N) is 1. The van der Waals surface area contributed by atoms with Crippen molar-refractivity contribution in [2.45, 2.75) is 26.2 Å². The summed E-state index contributed by atoms with van der Waals surface area (Å²) in [5.41, 5.74) is 2.29. The molecule has 0 saturated carbocycles. The maximum Gasteiger partial charge on any atom is 0.335 e. The van der Waals surface area contributed by atoms with E-state index in [9.17, 15) is 14.7 Å². The fraction of sp³-hybridized carbons (Fsp3) is 0.174. The third-order valence-corrected chi connectivity index (χ3v) is 5.79. The second-order valence-electron chi connectivity index (χ2n) is 6.89. The molecule has 0 bridgehead atoms. The molecular formula is C23H20N2O3S. The van der Waals surface area contributed by atoms with Crippen LogP contribution in [-0.2, 0) is 0 Å². The molecule has 0 fully saturated rings. The average Bonchev–Trinajstić information content (AvgIpc) is 3.22. The number of carbonyl (C=O) groups excluding carboxylic acids is 1. The van der Waals surface area contributed by atoms with Crippen LogP contribution in [0.3, 0.4) is 0 Å². The minimum Gasteiger partial charge on any atom is -0.478 e. The summed E-state index contributed by atoms with van der Waals surface area (Å²) < 4.78 is 1.05. The maximum absolute atomic E-state index is 12.4. The van der Waals surface area contributed by atoms with Gasteiger partial charge in [0.15, 0.2) is 5.78 Å². The van der Waals surface area contributed by atoms with Crippen molar-refractivity contribution >= 4 is 55.6 Å². The van der Waals surface area contributed by atoms with Crippen LogP contribution in [0.15, 0.2) is 53.9 Å². The Balaban J connectivity index is 1.74. The van der Waals surface area contributed by atoms with Crippen LogP contribution in [0.2, 0.25) is 0 Å². The lowest BCUT2D eigenvalue weighted by molar-refractivity contribution is 0.0696. The van der Waals surface area contributed by atoms with E-state index in [1.54, 1.807) is 29.5 Å². The number of aromatic carboxylic acids is 1. The number of pyridine rings is 1. The topological polar surface area (TPSA) is 79.3 Å². The third kappa shape index (κ3) is 3.84. The molecule has 146 valence electrons. The Morgan fingerprint density at radius 1 is 1.07 bits per heavy atom. The standard InChI is InChI=1S/C23H20N2O3S/c1-2-3-7-20(26)14-5-4-6-16(12-14)24-22-18-10-11-29-21(18)17-9-8-15(23(27)28)13-19(17)25-22/h4-6,8-13H,2-3,7H2,1H3,(H,24,25)(H,27,28). The second kappa shape index (κ2) is 8.01. The number of Topliss-reactive ketones (excluding diaryl/α,β-unsaturated/α-hetero) is 1. The summed E-state index contributed by atoms with van der Waals surface area (Å²) in [4.78, 5) is 28.4. The highest BCUT2D eigenvalue weighted by Crippen LogP contribution is 2.35. The summed E-state index contributed by atoms with van der Waals surface area (Å²) in [6, 6.07) is 14.4. The molecule has 2 aromatic carbocycles. The number of anilines is 2. The first-order valence-electron chi connectivity index (χ1n) is 9.51. The van der Waals surface area contributed by atoms with Crippen molar-refractivity contribution in [2.75, 3.05) is 5.32 Å². The quantitative estimate of drug-likeness (QED) is 0.355. The fourth-order valence-electron chi connectivity index (χ4n) is 3.32. The number of aromatic nitrogens is 1. The fourth-order valence-corrected chi connectivity index (χ4v) is 4.25. The average molecular weight is 404 g/mol. The van der Waals surface area contributed by atoms with Crippen LogP contribution in [0.25, 0.3) is 21.0 Å². The first-order valence-corrected chi connectivity index (χ1v) is 10.4. The summed E-state index contributed by atoms with van der Waals surface area (Å²) in [5, 5.41) is 16.5. The van der Waals surface area contributed by atoms with Gasteiger partial charge in [0.25, 0.3) is 0 Å². The molecule has 0 radical (unpaired) electrons. The molecule has 4 rings (SSSR count). The summed E-state index contributed by atoms with van der Waals surface area (Å²) in [6.45, 7) is 2.07. The predicted molar refractivity (Wildman–Crippen MR) is 118 cm³/mol. The van der Waals surface area contributed by atoms with Crippen LogP contribution in [-0.4, -0.2) is 21.8 Å². The molecule has 4 aromatic rings. The predicted octanol–water partition coefficient (Wildman–Crippen LogP) is 6.26. The number of carboxylic acids is 1. The molecule has 0 amide bonds. The van der Waals surface area contributed by atoms with Gasteiger partial charge in [-0.25, -0.2) is 9.78 Å². The van der Waals surface area contributed by atoms with Crippen molar-refractivity contribution in [1.82, 2.24) is 4.98 Å². The van der Waals surface area contributed by atoms with Gasteiger partial charge in [-0.2, -0.15) is 0 Å². The molecular weight excluding hydrogens is 384 g/mol. The van der Waals surface area contributed by atoms with E-state index in [1.807, 2.05) is 35.7 Å². The van der Waals surface area contributed by atoms with Crippen LogP contribution >= 0.6 is 11.3 Å². The number of rotatable bonds is 7. The number of carbonyl (C=O) groups is 2. The Morgan fingerprint density at radius 3 is 2.72 bits per heavy atom. The van der Waals surface area contributed by atoms with Crippen molar-refractivity contribution in [2.24, 2.45) is 0 Å². The number of carboxylic acid groups (broad SMARTS) is 1. The number of nitrogens with one attached hydrogen (secondary N) is 1. The smallest absolute Gasteiger partial charge is 0.335 e. The molecule has 5 nitrogen and oxygen atoms in total. The van der Waals surface area contributed by atoms with E-state index in [2.05, 4.69) is 17.2 Å². The van der Waals surface area contributed by atoms with Gasteiger partial charge in [0.05, 0.1) is 11.1 Å². The molecule has 0 unspecified atom stereocenters. The Bertz CT molecular complexity index is 1230. The molecule has 0 atom stereocenters. The van der Waals surface area contributed by atoms with Crippen molar-refractivity contribution in [1.29, 1.82) is 0 Å². The zero-order valence-corrected chi connectivity index (χ0v) is 16.8. The first kappa shape index (κ1) is 19.1. The van der Waals surface area contributed by atoms with Gasteiger partial charge in [0.1, 0.15) is 5.82 Å². The van der Waals surface area contributed by atoms with Gasteiger partial charge in [-0.1, -0.05) is 31.5 Å². The number of ketones is 1. The largest absolute Gasteiger partial charge is 0.478 e. The number of benzene rings is 2. The van der Waals surface area contributed by atoms with Crippen molar-refractivity contribution in [3.05, 3.63) is 65.0 Å². The number of hydrogen-bond donors (Lipinski definition) is 2. The van der Waals surface area contributed by atoms with E-state index in [0.717, 1.165) is 34.0 Å². The molecule has 29 heavy (non-hydrogen) atoms. The summed E-state index contributed by atoms with van der Waals surface area (Å²) in [6.07, 6.45) is 2.41. The zero-order chi connectivity index (χ0) is 20.4. The first-order chi connectivity index (χ1) is 14.1. The van der Waals surface area contributed by atoms with E-state index in [-0.39, 0.29) is 11.3 Å².